The number of nitrogens with one attached hydrogen (secondary N) is 1. The van der Waals surface area contributed by atoms with E-state index in [9.17, 15) is 0 Å². The predicted octanol–water partition coefficient (Wildman–Crippen LogP) is 4.03. The molecule has 0 radical (unpaired) electrons. The zero-order valence-corrected chi connectivity index (χ0v) is 13.8. The lowest BCUT2D eigenvalue weighted by molar-refractivity contribution is 0.0319. The maximum Gasteiger partial charge on any atom is 0.0728 e. The molecule has 1 aromatic rings. The molecule has 0 heterocycles. The minimum Gasteiger partial charge on any atom is -0.377 e. The fourth-order valence-corrected chi connectivity index (χ4v) is 2.58. The monoisotopic (exact) mass is 277 g/mol. The summed E-state index contributed by atoms with van der Waals surface area (Å²) in [5.41, 5.74) is 4.14. The SMILES string of the molecule is CCCNC(Cc1ccc(C)c(C)c1)C(CC)OCC. The smallest absolute Gasteiger partial charge is 0.0728 e. The second-order valence-corrected chi connectivity index (χ2v) is 5.59. The Labute approximate surface area is 124 Å². The fourth-order valence-electron chi connectivity index (χ4n) is 2.58. The van der Waals surface area contributed by atoms with Crippen LogP contribution in [0.1, 0.15) is 50.3 Å². The van der Waals surface area contributed by atoms with Crippen LogP contribution in [0.15, 0.2) is 18.2 Å². The molecule has 0 saturated heterocycles. The van der Waals surface area contributed by atoms with Gasteiger partial charge >= 0.3 is 0 Å². The van der Waals surface area contributed by atoms with Gasteiger partial charge in [-0.15, -0.1) is 0 Å². The summed E-state index contributed by atoms with van der Waals surface area (Å²) in [6.45, 7) is 12.7. The summed E-state index contributed by atoms with van der Waals surface area (Å²) < 4.78 is 5.91. The van der Waals surface area contributed by atoms with Crippen molar-refractivity contribution in [2.75, 3.05) is 13.2 Å². The minimum absolute atomic E-state index is 0.299. The van der Waals surface area contributed by atoms with Gasteiger partial charge in [-0.1, -0.05) is 32.0 Å². The van der Waals surface area contributed by atoms with Gasteiger partial charge in [0.2, 0.25) is 0 Å². The molecule has 0 amide bonds. The van der Waals surface area contributed by atoms with E-state index in [4.69, 9.17) is 4.74 Å². The van der Waals surface area contributed by atoms with Gasteiger partial charge in [-0.2, -0.15) is 0 Å². The average molecular weight is 277 g/mol. The third-order valence-corrected chi connectivity index (χ3v) is 3.92. The molecule has 2 atom stereocenters. The van der Waals surface area contributed by atoms with Crippen molar-refractivity contribution >= 4 is 0 Å². The highest BCUT2D eigenvalue weighted by Crippen LogP contribution is 2.15. The van der Waals surface area contributed by atoms with Crippen LogP contribution < -0.4 is 5.32 Å². The molecule has 1 N–H and O–H groups in total. The van der Waals surface area contributed by atoms with Gasteiger partial charge in [-0.25, -0.2) is 0 Å². The van der Waals surface area contributed by atoms with Crippen LogP contribution in [0.2, 0.25) is 0 Å². The van der Waals surface area contributed by atoms with Crippen molar-refractivity contribution in [1.29, 1.82) is 0 Å². The van der Waals surface area contributed by atoms with E-state index in [1.807, 2.05) is 0 Å². The van der Waals surface area contributed by atoms with Crippen molar-refractivity contribution in [2.24, 2.45) is 0 Å². The number of aryl methyl sites for hydroxylation is 2. The molecule has 0 aliphatic rings. The van der Waals surface area contributed by atoms with E-state index in [1.165, 1.54) is 16.7 Å². The molecular formula is C18H31NO. The van der Waals surface area contributed by atoms with Crippen LogP contribution in [0.5, 0.6) is 0 Å². The van der Waals surface area contributed by atoms with E-state index >= 15 is 0 Å². The van der Waals surface area contributed by atoms with Crippen molar-refractivity contribution in [2.45, 2.75) is 66.0 Å². The molecule has 2 heteroatoms. The average Bonchev–Trinajstić information content (AvgIpc) is 2.45. The maximum absolute atomic E-state index is 5.91. The highest BCUT2D eigenvalue weighted by molar-refractivity contribution is 5.30. The van der Waals surface area contributed by atoms with Crippen molar-refractivity contribution in [3.8, 4) is 0 Å². The molecule has 0 saturated carbocycles. The largest absolute Gasteiger partial charge is 0.377 e. The Hall–Kier alpha value is -0.860. The molecule has 1 aromatic carbocycles. The molecule has 0 spiro atoms. The van der Waals surface area contributed by atoms with E-state index in [-0.39, 0.29) is 0 Å². The molecule has 114 valence electrons. The Balaban J connectivity index is 2.78. The summed E-state index contributed by atoms with van der Waals surface area (Å²) >= 11 is 0. The van der Waals surface area contributed by atoms with Gasteiger partial charge in [0.05, 0.1) is 6.10 Å². The topological polar surface area (TPSA) is 21.3 Å². The Morgan fingerprint density at radius 1 is 1.10 bits per heavy atom. The first-order valence-corrected chi connectivity index (χ1v) is 8.03. The zero-order chi connectivity index (χ0) is 15.0. The molecule has 0 aliphatic heterocycles. The maximum atomic E-state index is 5.91. The molecule has 0 aromatic heterocycles. The van der Waals surface area contributed by atoms with E-state index in [0.29, 0.717) is 12.1 Å². The summed E-state index contributed by atoms with van der Waals surface area (Å²) in [6, 6.07) is 7.20. The lowest BCUT2D eigenvalue weighted by Crippen LogP contribution is -2.43. The number of hydrogen-bond donors (Lipinski definition) is 1. The van der Waals surface area contributed by atoms with Gasteiger partial charge in [0.15, 0.2) is 0 Å². The second-order valence-electron chi connectivity index (χ2n) is 5.59. The number of rotatable bonds is 9. The summed E-state index contributed by atoms with van der Waals surface area (Å²) in [4.78, 5) is 0. The normalized spacial score (nSPS) is 14.2. The van der Waals surface area contributed by atoms with Gasteiger partial charge < -0.3 is 10.1 Å². The third kappa shape index (κ3) is 5.26. The van der Waals surface area contributed by atoms with Gasteiger partial charge in [0, 0.05) is 12.6 Å². The molecule has 0 bridgehead atoms. The van der Waals surface area contributed by atoms with Crippen LogP contribution >= 0.6 is 0 Å². The van der Waals surface area contributed by atoms with E-state index < -0.39 is 0 Å². The summed E-state index contributed by atoms with van der Waals surface area (Å²) in [7, 11) is 0. The predicted molar refractivity (Wildman–Crippen MR) is 87.4 cm³/mol. The van der Waals surface area contributed by atoms with E-state index in [1.54, 1.807) is 0 Å². The van der Waals surface area contributed by atoms with Gasteiger partial charge in [0.25, 0.3) is 0 Å². The molecule has 0 aliphatic carbocycles. The Kier molecular flexibility index (Phi) is 7.86. The molecular weight excluding hydrogens is 246 g/mol. The lowest BCUT2D eigenvalue weighted by atomic mass is 9.96. The summed E-state index contributed by atoms with van der Waals surface area (Å²) in [5.74, 6) is 0. The Morgan fingerprint density at radius 2 is 1.85 bits per heavy atom. The zero-order valence-electron chi connectivity index (χ0n) is 13.8. The highest BCUT2D eigenvalue weighted by atomic mass is 16.5. The van der Waals surface area contributed by atoms with Crippen LogP contribution in [0.25, 0.3) is 0 Å². The van der Waals surface area contributed by atoms with E-state index in [0.717, 1.165) is 32.4 Å². The molecule has 20 heavy (non-hydrogen) atoms. The number of benzene rings is 1. The van der Waals surface area contributed by atoms with Crippen molar-refractivity contribution in [3.05, 3.63) is 34.9 Å². The van der Waals surface area contributed by atoms with Crippen LogP contribution in [-0.2, 0) is 11.2 Å². The molecule has 0 fully saturated rings. The lowest BCUT2D eigenvalue weighted by Gasteiger charge is -2.27. The standard InChI is InChI=1S/C18H31NO/c1-6-11-19-17(18(7-2)20-8-3)13-16-10-9-14(4)15(5)12-16/h9-10,12,17-19H,6-8,11,13H2,1-5H3. The first kappa shape index (κ1) is 17.2. The summed E-state index contributed by atoms with van der Waals surface area (Å²) in [5, 5.41) is 3.66. The molecule has 1 rings (SSSR count). The molecule has 2 unspecified atom stereocenters. The Morgan fingerprint density at radius 3 is 2.40 bits per heavy atom. The Bertz CT molecular complexity index is 389. The van der Waals surface area contributed by atoms with Crippen molar-refractivity contribution in [1.82, 2.24) is 5.32 Å². The van der Waals surface area contributed by atoms with E-state index in [2.05, 4.69) is 58.1 Å². The number of hydrogen-bond acceptors (Lipinski definition) is 2. The molecule has 2 nitrogen and oxygen atoms in total. The van der Waals surface area contributed by atoms with Gasteiger partial charge in [-0.05, 0) is 63.3 Å². The number of ether oxygens (including phenoxy) is 1. The quantitative estimate of drug-likeness (QED) is 0.736. The first-order chi connectivity index (χ1) is 9.62. The minimum atomic E-state index is 0.299. The van der Waals surface area contributed by atoms with Crippen LogP contribution in [0.4, 0.5) is 0 Å². The third-order valence-electron chi connectivity index (χ3n) is 3.92. The van der Waals surface area contributed by atoms with Crippen LogP contribution in [0.3, 0.4) is 0 Å². The van der Waals surface area contributed by atoms with Gasteiger partial charge in [0.1, 0.15) is 0 Å². The van der Waals surface area contributed by atoms with Crippen LogP contribution in [0, 0.1) is 13.8 Å². The highest BCUT2D eigenvalue weighted by Gasteiger charge is 2.20. The van der Waals surface area contributed by atoms with Crippen molar-refractivity contribution < 1.29 is 4.74 Å². The van der Waals surface area contributed by atoms with Gasteiger partial charge in [-0.3, -0.25) is 0 Å². The van der Waals surface area contributed by atoms with Crippen molar-refractivity contribution in [3.63, 3.8) is 0 Å². The summed E-state index contributed by atoms with van der Waals surface area (Å²) in [6.07, 6.45) is 3.55. The fraction of sp³-hybridized carbons (Fsp3) is 0.667. The second kappa shape index (κ2) is 9.15. The first-order valence-electron chi connectivity index (χ1n) is 8.03. The van der Waals surface area contributed by atoms with Crippen LogP contribution in [-0.4, -0.2) is 25.3 Å².